The van der Waals surface area contributed by atoms with Crippen molar-refractivity contribution in [1.82, 2.24) is 15.6 Å². The molecule has 11 heteroatoms. The molecule has 1 aliphatic rings. The summed E-state index contributed by atoms with van der Waals surface area (Å²) in [4.78, 5) is 17.7. The monoisotopic (exact) mass is 510 g/mol. The summed E-state index contributed by atoms with van der Waals surface area (Å²) < 4.78 is 32.8. The molecule has 34 heavy (non-hydrogen) atoms. The van der Waals surface area contributed by atoms with Gasteiger partial charge in [-0.2, -0.15) is 0 Å². The van der Waals surface area contributed by atoms with Crippen LogP contribution in [0.15, 0.2) is 33.1 Å². The largest absolute Gasteiger partial charge is 0.438 e. The van der Waals surface area contributed by atoms with Crippen LogP contribution in [0.2, 0.25) is 0 Å². The van der Waals surface area contributed by atoms with E-state index in [2.05, 4.69) is 20.0 Å². The minimum Gasteiger partial charge on any atom is -0.438 e. The lowest BCUT2D eigenvalue weighted by Crippen LogP contribution is -2.51. The maximum atomic E-state index is 13.4. The van der Waals surface area contributed by atoms with E-state index in [0.29, 0.717) is 29.9 Å². The Kier molecular flexibility index (Phi) is 9.38. The van der Waals surface area contributed by atoms with Crippen molar-refractivity contribution in [3.8, 4) is 0 Å². The van der Waals surface area contributed by atoms with E-state index in [1.165, 1.54) is 6.42 Å². The van der Waals surface area contributed by atoms with Crippen LogP contribution < -0.4 is 10.6 Å². The maximum absolute atomic E-state index is 13.4. The summed E-state index contributed by atoms with van der Waals surface area (Å²) in [6, 6.07) is 5.92. The quantitative estimate of drug-likeness (QED) is 0.345. The van der Waals surface area contributed by atoms with Gasteiger partial charge in [0.15, 0.2) is 16.9 Å². The fourth-order valence-corrected chi connectivity index (χ4v) is 5.60. The first-order valence-electron chi connectivity index (χ1n) is 11.6. The summed E-state index contributed by atoms with van der Waals surface area (Å²) in [6.07, 6.45) is 8.13. The second-order valence-electron chi connectivity index (χ2n) is 8.76. The lowest BCUT2D eigenvalue weighted by molar-refractivity contribution is -0.125. The molecular weight excluding hydrogens is 476 g/mol. The number of fused-ring (bicyclic) bond motifs is 1. The van der Waals surface area contributed by atoms with Gasteiger partial charge in [0.05, 0.1) is 12.3 Å². The molecule has 2 aromatic rings. The van der Waals surface area contributed by atoms with Gasteiger partial charge in [-0.3, -0.25) is 4.79 Å². The lowest BCUT2D eigenvalue weighted by Gasteiger charge is -2.29. The van der Waals surface area contributed by atoms with Gasteiger partial charge in [-0.25, -0.2) is 13.4 Å². The predicted molar refractivity (Wildman–Crippen MR) is 135 cm³/mol. The number of thioether (sulfide) groups is 1. The first-order chi connectivity index (χ1) is 16.2. The Labute approximate surface area is 205 Å². The van der Waals surface area contributed by atoms with Crippen LogP contribution in [0.3, 0.4) is 0 Å². The molecule has 3 rings (SSSR count). The maximum Gasteiger partial charge on any atom is 0.252 e. The molecule has 1 aromatic heterocycles. The normalized spacial score (nSPS) is 18.4. The molecule has 3 N–H and O–H groups in total. The Morgan fingerprint density at radius 3 is 2.59 bits per heavy atom. The van der Waals surface area contributed by atoms with Crippen LogP contribution in [0.5, 0.6) is 0 Å². The molecule has 0 saturated heterocycles. The molecule has 1 fully saturated rings. The number of hydrogen-bond acceptors (Lipinski definition) is 7. The molecule has 1 amide bonds. The van der Waals surface area contributed by atoms with Gasteiger partial charge in [0.2, 0.25) is 11.8 Å². The number of rotatable bonds is 9. The number of nitrogens with zero attached hydrogens (tertiary/aromatic N) is 2. The van der Waals surface area contributed by atoms with Crippen molar-refractivity contribution in [2.75, 3.05) is 12.5 Å². The zero-order valence-corrected chi connectivity index (χ0v) is 21.5. The molecule has 3 atom stereocenters. The second kappa shape index (κ2) is 12.0. The summed E-state index contributed by atoms with van der Waals surface area (Å²) in [5, 5.41) is 17.1. The van der Waals surface area contributed by atoms with Crippen molar-refractivity contribution in [3.63, 3.8) is 0 Å². The number of oxazole rings is 1. The fraction of sp³-hybridized carbons (Fsp3) is 0.609. The average molecular weight is 511 g/mol. The summed E-state index contributed by atoms with van der Waals surface area (Å²) in [5.74, 6) is 0.191. The Morgan fingerprint density at radius 2 is 1.97 bits per heavy atom. The van der Waals surface area contributed by atoms with E-state index < -0.39 is 28.2 Å². The molecule has 9 nitrogen and oxygen atoms in total. The molecule has 1 aliphatic carbocycles. The molecule has 1 heterocycles. The number of sulfonamides is 1. The van der Waals surface area contributed by atoms with Crippen molar-refractivity contribution in [2.24, 2.45) is 10.3 Å². The van der Waals surface area contributed by atoms with Crippen molar-refractivity contribution in [1.29, 1.82) is 0 Å². The van der Waals surface area contributed by atoms with Gasteiger partial charge < -0.3 is 20.2 Å². The van der Waals surface area contributed by atoms with Crippen LogP contribution in [-0.2, 0) is 14.8 Å². The summed E-state index contributed by atoms with van der Waals surface area (Å²) in [5.41, 5.74) is 1.20. The van der Waals surface area contributed by atoms with E-state index in [1.807, 2.05) is 19.1 Å². The van der Waals surface area contributed by atoms with Crippen LogP contribution >= 0.6 is 11.8 Å². The number of aromatic nitrogens is 1. The molecule has 0 bridgehead atoms. The third-order valence-electron chi connectivity index (χ3n) is 6.06. The first-order valence-corrected chi connectivity index (χ1v) is 14.7. The molecule has 188 valence electrons. The number of amides is 1. The van der Waals surface area contributed by atoms with Crippen LogP contribution in [0.4, 0.5) is 0 Å². The highest BCUT2D eigenvalue weighted by Gasteiger charge is 2.31. The third-order valence-corrected chi connectivity index (χ3v) is 7.29. The van der Waals surface area contributed by atoms with Gasteiger partial charge in [-0.05, 0) is 37.1 Å². The Bertz CT molecular complexity index is 1060. The van der Waals surface area contributed by atoms with Crippen LogP contribution in [0, 0.1) is 5.92 Å². The Balaban J connectivity index is 1.77. The topological polar surface area (TPSA) is 134 Å². The molecule has 0 spiro atoms. The number of nitrogens with one attached hydrogen (secondary N) is 2. The summed E-state index contributed by atoms with van der Waals surface area (Å²) >= 11 is 1.14. The second-order valence-corrected chi connectivity index (χ2v) is 11.2. The summed E-state index contributed by atoms with van der Waals surface area (Å²) in [6.45, 7) is 1.86. The van der Waals surface area contributed by atoms with Gasteiger partial charge in [0.25, 0.3) is 10.0 Å². The highest BCUT2D eigenvalue weighted by Crippen LogP contribution is 2.28. The number of aliphatic hydroxyl groups is 1. The SMILES string of the molecule is CCC(NC(=O)[C@@H](CC1CCCCC1)NC(=NS(C)(=O)=O)SC)C(O)c1nc2ccccc2o1. The van der Waals surface area contributed by atoms with Crippen molar-refractivity contribution in [3.05, 3.63) is 30.2 Å². The minimum atomic E-state index is -3.62. The number of benzene rings is 1. The number of amidine groups is 1. The first kappa shape index (κ1) is 26.5. The van der Waals surface area contributed by atoms with Crippen LogP contribution in [0.1, 0.15) is 63.9 Å². The van der Waals surface area contributed by atoms with Crippen LogP contribution in [0.25, 0.3) is 11.1 Å². The number of hydrogen-bond donors (Lipinski definition) is 3. The van der Waals surface area contributed by atoms with E-state index in [4.69, 9.17) is 4.42 Å². The van der Waals surface area contributed by atoms with Gasteiger partial charge in [0.1, 0.15) is 11.6 Å². The van der Waals surface area contributed by atoms with E-state index in [0.717, 1.165) is 43.7 Å². The third kappa shape index (κ3) is 7.44. The Morgan fingerprint density at radius 1 is 1.26 bits per heavy atom. The van der Waals surface area contributed by atoms with Crippen molar-refractivity contribution >= 4 is 44.0 Å². The molecule has 0 aliphatic heterocycles. The highest BCUT2D eigenvalue weighted by molar-refractivity contribution is 8.13. The smallest absolute Gasteiger partial charge is 0.252 e. The van der Waals surface area contributed by atoms with E-state index in [-0.39, 0.29) is 17.0 Å². The average Bonchev–Trinajstić information content (AvgIpc) is 3.25. The fourth-order valence-electron chi connectivity index (χ4n) is 4.29. The molecule has 1 saturated carbocycles. The number of carbonyl (C=O) groups is 1. The number of carbonyl (C=O) groups excluding carboxylic acids is 1. The molecular formula is C23H34N4O5S2. The minimum absolute atomic E-state index is 0.147. The van der Waals surface area contributed by atoms with E-state index in [9.17, 15) is 18.3 Å². The summed E-state index contributed by atoms with van der Waals surface area (Å²) in [7, 11) is -3.62. The van der Waals surface area contributed by atoms with Crippen molar-refractivity contribution < 1.29 is 22.7 Å². The van der Waals surface area contributed by atoms with Crippen molar-refractivity contribution in [2.45, 2.75) is 70.1 Å². The van der Waals surface area contributed by atoms with Gasteiger partial charge in [-0.1, -0.05) is 62.9 Å². The number of aliphatic hydroxyl groups excluding tert-OH is 1. The predicted octanol–water partition coefficient (Wildman–Crippen LogP) is 3.36. The van der Waals surface area contributed by atoms with E-state index in [1.54, 1.807) is 18.4 Å². The van der Waals surface area contributed by atoms with Gasteiger partial charge in [0, 0.05) is 0 Å². The van der Waals surface area contributed by atoms with Gasteiger partial charge in [-0.15, -0.1) is 4.40 Å². The van der Waals surface area contributed by atoms with E-state index >= 15 is 0 Å². The zero-order chi connectivity index (χ0) is 24.7. The molecule has 0 radical (unpaired) electrons. The van der Waals surface area contributed by atoms with Gasteiger partial charge >= 0.3 is 0 Å². The lowest BCUT2D eigenvalue weighted by atomic mass is 9.84. The number of para-hydroxylation sites is 2. The molecule has 1 aromatic carbocycles. The zero-order valence-electron chi connectivity index (χ0n) is 19.9. The standard InChI is InChI=1S/C23H34N4O5S2/c1-4-16(20(28)22-25-17-12-8-9-13-19(17)32-22)24-21(29)18(14-15-10-6-5-7-11-15)26-23(33-2)27-34(3,30)31/h8-9,12-13,15-16,18,20,28H,4-7,10-11,14H2,1-3H3,(H,24,29)(H,26,27)/t16?,18-,20?/m1/s1. The Hall–Kier alpha value is -2.11. The highest BCUT2D eigenvalue weighted by atomic mass is 32.2. The molecule has 2 unspecified atom stereocenters. The van der Waals surface area contributed by atoms with Crippen LogP contribution in [-0.4, -0.2) is 54.2 Å².